The van der Waals surface area contributed by atoms with Gasteiger partial charge in [-0.3, -0.25) is 0 Å². The minimum atomic E-state index is 1.00. The molecule has 2 heteroatoms. The van der Waals surface area contributed by atoms with Crippen LogP contribution in [0.15, 0.2) is 119 Å². The molecule has 0 bridgehead atoms. The van der Waals surface area contributed by atoms with Gasteiger partial charge in [0.25, 0.3) is 0 Å². The Labute approximate surface area is 202 Å². The van der Waals surface area contributed by atoms with Gasteiger partial charge >= 0.3 is 0 Å². The Kier molecular flexibility index (Phi) is 7.76. The van der Waals surface area contributed by atoms with Crippen molar-refractivity contribution in [2.75, 3.05) is 0 Å². The molecule has 0 aliphatic heterocycles. The van der Waals surface area contributed by atoms with Crippen LogP contribution in [-0.4, -0.2) is 12.4 Å². The molecule has 34 heavy (non-hydrogen) atoms. The minimum absolute atomic E-state index is 1.00. The summed E-state index contributed by atoms with van der Waals surface area (Å²) in [6.45, 7) is 4.19. The predicted octanol–water partition coefficient (Wildman–Crippen LogP) is 8.14. The van der Waals surface area contributed by atoms with E-state index in [0.29, 0.717) is 0 Å². The zero-order valence-electron chi connectivity index (χ0n) is 19.6. The Balaban J connectivity index is 1.63. The molecule has 0 fully saturated rings. The van der Waals surface area contributed by atoms with Crippen LogP contribution in [0.2, 0.25) is 0 Å². The molecule has 0 spiro atoms. The van der Waals surface area contributed by atoms with E-state index in [1.54, 1.807) is 0 Å². The summed E-state index contributed by atoms with van der Waals surface area (Å²) < 4.78 is 0. The average molecular weight is 441 g/mol. The predicted molar refractivity (Wildman–Crippen MR) is 148 cm³/mol. The maximum atomic E-state index is 4.42. The summed E-state index contributed by atoms with van der Waals surface area (Å²) >= 11 is 0. The fraction of sp³-hybridized carbons (Fsp3) is 0.0625. The molecule has 0 saturated carbocycles. The van der Waals surface area contributed by atoms with Gasteiger partial charge in [0.1, 0.15) is 0 Å². The minimum Gasteiger partial charge on any atom is -0.158 e. The van der Waals surface area contributed by atoms with Crippen molar-refractivity contribution in [1.82, 2.24) is 0 Å². The van der Waals surface area contributed by atoms with Crippen molar-refractivity contribution < 1.29 is 0 Å². The Morgan fingerprint density at radius 1 is 0.471 bits per heavy atom. The van der Waals surface area contributed by atoms with Gasteiger partial charge in [0.05, 0.1) is 12.4 Å². The lowest BCUT2D eigenvalue weighted by Crippen LogP contribution is -1.88. The second kappa shape index (κ2) is 11.5. The lowest BCUT2D eigenvalue weighted by atomic mass is 10.0. The normalized spacial score (nSPS) is 12.5. The second-order valence-corrected chi connectivity index (χ2v) is 8.24. The van der Waals surface area contributed by atoms with Gasteiger partial charge in [0.15, 0.2) is 0 Å². The Morgan fingerprint density at radius 2 is 0.824 bits per heavy atom. The van der Waals surface area contributed by atoms with Crippen molar-refractivity contribution >= 4 is 35.7 Å². The zero-order chi connectivity index (χ0) is 23.6. The molecule has 0 N–H and O–H groups in total. The molecule has 0 amide bonds. The fourth-order valence-corrected chi connectivity index (χ4v) is 3.53. The highest BCUT2D eigenvalue weighted by Gasteiger charge is 2.01. The van der Waals surface area contributed by atoms with Crippen molar-refractivity contribution in [3.05, 3.63) is 143 Å². The summed E-state index contributed by atoms with van der Waals surface area (Å²) in [6, 6.07) is 37.5. The van der Waals surface area contributed by atoms with E-state index in [1.165, 1.54) is 11.1 Å². The van der Waals surface area contributed by atoms with E-state index in [2.05, 4.69) is 109 Å². The second-order valence-electron chi connectivity index (χ2n) is 8.24. The highest BCUT2D eigenvalue weighted by molar-refractivity contribution is 6.17. The van der Waals surface area contributed by atoms with Gasteiger partial charge < -0.3 is 0 Å². The van der Waals surface area contributed by atoms with Gasteiger partial charge in [0.2, 0.25) is 0 Å². The van der Waals surface area contributed by atoms with Crippen molar-refractivity contribution in [2.24, 2.45) is 10.2 Å². The van der Waals surface area contributed by atoms with Crippen LogP contribution >= 0.6 is 0 Å². The van der Waals surface area contributed by atoms with Crippen LogP contribution in [0.25, 0.3) is 23.3 Å². The van der Waals surface area contributed by atoms with Gasteiger partial charge in [-0.05, 0) is 48.3 Å². The van der Waals surface area contributed by atoms with E-state index >= 15 is 0 Å². The number of allylic oxidation sites excluding steroid dienone is 2. The molecule has 0 saturated heterocycles. The standard InChI is InChI=1S/C32H28N2/c1-25-13-17-27(18-14-25)21-31(29-9-5-3-6-10-29)23-33-34-24-32(30-11-7-4-8-12-30)22-28-19-15-26(2)16-20-28/h3-24H,1-2H3/b31-21-,32-22-,33-23+,34-24+. The molecule has 4 aromatic rings. The maximum Gasteiger partial charge on any atom is 0.0574 e. The number of rotatable bonds is 7. The number of benzene rings is 4. The van der Waals surface area contributed by atoms with E-state index in [1.807, 2.05) is 48.8 Å². The molecular formula is C32H28N2. The number of hydrogen-bond acceptors (Lipinski definition) is 2. The first-order chi connectivity index (χ1) is 16.7. The van der Waals surface area contributed by atoms with Crippen LogP contribution in [-0.2, 0) is 0 Å². The van der Waals surface area contributed by atoms with Gasteiger partial charge in [-0.25, -0.2) is 0 Å². The summed E-state index contributed by atoms with van der Waals surface area (Å²) in [5, 5.41) is 8.84. The van der Waals surface area contributed by atoms with E-state index in [4.69, 9.17) is 0 Å². The summed E-state index contributed by atoms with van der Waals surface area (Å²) in [5.74, 6) is 0. The summed E-state index contributed by atoms with van der Waals surface area (Å²) in [5.41, 5.74) is 8.95. The monoisotopic (exact) mass is 440 g/mol. The number of aryl methyl sites for hydroxylation is 2. The molecule has 2 nitrogen and oxygen atoms in total. The van der Waals surface area contributed by atoms with Crippen LogP contribution in [0.3, 0.4) is 0 Å². The lowest BCUT2D eigenvalue weighted by Gasteiger charge is -2.04. The van der Waals surface area contributed by atoms with Crippen LogP contribution in [0.5, 0.6) is 0 Å². The summed E-state index contributed by atoms with van der Waals surface area (Å²) in [6.07, 6.45) is 7.91. The molecule has 0 unspecified atom stereocenters. The molecule has 0 aliphatic carbocycles. The zero-order valence-corrected chi connectivity index (χ0v) is 19.6. The first-order valence-electron chi connectivity index (χ1n) is 11.4. The SMILES string of the molecule is Cc1ccc(/C=C(/C=N/N=C/C(=C/c2ccc(C)cc2)c2ccccc2)c2ccccc2)cc1. The van der Waals surface area contributed by atoms with Crippen LogP contribution in [0.1, 0.15) is 33.4 Å². The molecule has 166 valence electrons. The van der Waals surface area contributed by atoms with Gasteiger partial charge in [-0.2, -0.15) is 10.2 Å². The third-order valence-corrected chi connectivity index (χ3v) is 5.47. The lowest BCUT2D eigenvalue weighted by molar-refractivity contribution is 1.27. The highest BCUT2D eigenvalue weighted by Crippen LogP contribution is 2.19. The molecule has 4 aromatic carbocycles. The molecule has 0 radical (unpaired) electrons. The van der Waals surface area contributed by atoms with Crippen molar-refractivity contribution in [2.45, 2.75) is 13.8 Å². The largest absolute Gasteiger partial charge is 0.158 e. The highest BCUT2D eigenvalue weighted by atomic mass is 15.2. The molecule has 0 heterocycles. The smallest absolute Gasteiger partial charge is 0.0574 e. The van der Waals surface area contributed by atoms with Crippen LogP contribution < -0.4 is 0 Å². The van der Waals surface area contributed by atoms with E-state index < -0.39 is 0 Å². The van der Waals surface area contributed by atoms with Crippen molar-refractivity contribution in [3.63, 3.8) is 0 Å². The van der Waals surface area contributed by atoms with Gasteiger partial charge in [-0.1, -0.05) is 120 Å². The van der Waals surface area contributed by atoms with E-state index in [9.17, 15) is 0 Å². The Hall–Kier alpha value is -4.30. The summed E-state index contributed by atoms with van der Waals surface area (Å²) in [4.78, 5) is 0. The molecule has 0 aromatic heterocycles. The number of nitrogens with zero attached hydrogens (tertiary/aromatic N) is 2. The maximum absolute atomic E-state index is 4.42. The third-order valence-electron chi connectivity index (χ3n) is 5.47. The summed E-state index contributed by atoms with van der Waals surface area (Å²) in [7, 11) is 0. The van der Waals surface area contributed by atoms with Crippen LogP contribution in [0, 0.1) is 13.8 Å². The van der Waals surface area contributed by atoms with E-state index in [-0.39, 0.29) is 0 Å². The fourth-order valence-electron chi connectivity index (χ4n) is 3.53. The van der Waals surface area contributed by atoms with Gasteiger partial charge in [-0.15, -0.1) is 0 Å². The molecule has 0 atom stereocenters. The quantitative estimate of drug-likeness (QED) is 0.157. The van der Waals surface area contributed by atoms with Crippen LogP contribution in [0.4, 0.5) is 0 Å². The van der Waals surface area contributed by atoms with Crippen molar-refractivity contribution in [1.29, 1.82) is 0 Å². The topological polar surface area (TPSA) is 24.7 Å². The van der Waals surface area contributed by atoms with E-state index in [0.717, 1.165) is 33.4 Å². The first kappa shape index (κ1) is 22.9. The van der Waals surface area contributed by atoms with Crippen molar-refractivity contribution in [3.8, 4) is 0 Å². The number of hydrogen-bond donors (Lipinski definition) is 0. The Bertz CT molecular complexity index is 1200. The van der Waals surface area contributed by atoms with Gasteiger partial charge in [0, 0.05) is 11.1 Å². The molecule has 0 aliphatic rings. The Morgan fingerprint density at radius 3 is 1.18 bits per heavy atom. The average Bonchev–Trinajstić information content (AvgIpc) is 2.88. The molecule has 4 rings (SSSR count). The molecular weight excluding hydrogens is 412 g/mol. The third kappa shape index (κ3) is 6.60. The first-order valence-corrected chi connectivity index (χ1v) is 11.4.